The SMILES string of the molecule is Cc1ccc(C(N)=NO)c(-n2nnc3ccccc32)c1. The van der Waals surface area contributed by atoms with Crippen molar-refractivity contribution in [1.82, 2.24) is 15.0 Å². The van der Waals surface area contributed by atoms with Gasteiger partial charge in [0.05, 0.1) is 11.2 Å². The number of aromatic nitrogens is 3. The van der Waals surface area contributed by atoms with Crippen LogP contribution in [-0.4, -0.2) is 26.0 Å². The number of nitrogens with two attached hydrogens (primary N) is 1. The molecule has 0 aliphatic carbocycles. The summed E-state index contributed by atoms with van der Waals surface area (Å²) in [5, 5.41) is 20.3. The van der Waals surface area contributed by atoms with Gasteiger partial charge in [-0.2, -0.15) is 0 Å². The van der Waals surface area contributed by atoms with Crippen LogP contribution in [0.2, 0.25) is 0 Å². The summed E-state index contributed by atoms with van der Waals surface area (Å²) >= 11 is 0. The van der Waals surface area contributed by atoms with Gasteiger partial charge in [0.1, 0.15) is 5.52 Å². The molecular formula is C14H13N5O. The van der Waals surface area contributed by atoms with Gasteiger partial charge in [-0.15, -0.1) is 5.10 Å². The van der Waals surface area contributed by atoms with Crippen LogP contribution in [0.1, 0.15) is 11.1 Å². The maximum atomic E-state index is 8.91. The highest BCUT2D eigenvalue weighted by Gasteiger charge is 2.13. The van der Waals surface area contributed by atoms with Crippen LogP contribution in [0.4, 0.5) is 0 Å². The van der Waals surface area contributed by atoms with E-state index in [2.05, 4.69) is 15.5 Å². The van der Waals surface area contributed by atoms with Crippen molar-refractivity contribution in [2.45, 2.75) is 6.92 Å². The molecule has 0 bridgehead atoms. The van der Waals surface area contributed by atoms with E-state index >= 15 is 0 Å². The Bertz CT molecular complexity index is 806. The van der Waals surface area contributed by atoms with Gasteiger partial charge in [-0.25, -0.2) is 4.68 Å². The molecule has 0 saturated carbocycles. The Morgan fingerprint density at radius 2 is 2.05 bits per heavy atom. The lowest BCUT2D eigenvalue weighted by molar-refractivity contribution is 0.318. The van der Waals surface area contributed by atoms with E-state index in [0.29, 0.717) is 5.56 Å². The second-order valence-electron chi connectivity index (χ2n) is 4.50. The maximum Gasteiger partial charge on any atom is 0.172 e. The molecule has 3 N–H and O–H groups in total. The minimum absolute atomic E-state index is 0.0413. The van der Waals surface area contributed by atoms with Gasteiger partial charge in [0, 0.05) is 5.56 Å². The highest BCUT2D eigenvalue weighted by molar-refractivity contribution is 6.00. The van der Waals surface area contributed by atoms with E-state index in [1.54, 1.807) is 10.7 Å². The van der Waals surface area contributed by atoms with Crippen LogP contribution in [0.25, 0.3) is 16.7 Å². The van der Waals surface area contributed by atoms with E-state index in [-0.39, 0.29) is 5.84 Å². The number of para-hydroxylation sites is 1. The molecular weight excluding hydrogens is 254 g/mol. The van der Waals surface area contributed by atoms with Crippen molar-refractivity contribution in [2.75, 3.05) is 0 Å². The van der Waals surface area contributed by atoms with Crippen molar-refractivity contribution in [3.63, 3.8) is 0 Å². The summed E-state index contributed by atoms with van der Waals surface area (Å²) in [6.07, 6.45) is 0. The lowest BCUT2D eigenvalue weighted by Crippen LogP contribution is -2.17. The predicted molar refractivity (Wildman–Crippen MR) is 76.1 cm³/mol. The fraction of sp³-hybridized carbons (Fsp3) is 0.0714. The number of fused-ring (bicyclic) bond motifs is 1. The van der Waals surface area contributed by atoms with Crippen LogP contribution in [0, 0.1) is 6.92 Å². The minimum atomic E-state index is 0.0413. The molecule has 20 heavy (non-hydrogen) atoms. The van der Waals surface area contributed by atoms with Crippen molar-refractivity contribution >= 4 is 16.9 Å². The molecule has 1 aromatic heterocycles. The first-order valence-electron chi connectivity index (χ1n) is 6.10. The van der Waals surface area contributed by atoms with Crippen molar-refractivity contribution in [2.24, 2.45) is 10.9 Å². The number of oxime groups is 1. The topological polar surface area (TPSA) is 89.3 Å². The lowest BCUT2D eigenvalue weighted by atomic mass is 10.1. The minimum Gasteiger partial charge on any atom is -0.409 e. The average molecular weight is 267 g/mol. The number of rotatable bonds is 2. The summed E-state index contributed by atoms with van der Waals surface area (Å²) in [6, 6.07) is 13.3. The molecule has 0 aliphatic heterocycles. The van der Waals surface area contributed by atoms with E-state index < -0.39 is 0 Å². The molecule has 3 rings (SSSR count). The highest BCUT2D eigenvalue weighted by Crippen LogP contribution is 2.20. The highest BCUT2D eigenvalue weighted by atomic mass is 16.4. The van der Waals surface area contributed by atoms with E-state index in [0.717, 1.165) is 22.3 Å². The van der Waals surface area contributed by atoms with Gasteiger partial charge in [0.15, 0.2) is 5.84 Å². The maximum absolute atomic E-state index is 8.91. The van der Waals surface area contributed by atoms with Gasteiger partial charge in [0.25, 0.3) is 0 Å². The standard InChI is InChI=1S/C14H13N5O/c1-9-6-7-10(14(15)17-20)13(8-9)19-12-5-3-2-4-11(12)16-18-19/h2-8,20H,1H3,(H2,15,17). The summed E-state index contributed by atoms with van der Waals surface area (Å²) in [7, 11) is 0. The van der Waals surface area contributed by atoms with Gasteiger partial charge in [0.2, 0.25) is 0 Å². The molecule has 1 heterocycles. The molecule has 2 aromatic carbocycles. The van der Waals surface area contributed by atoms with Crippen molar-refractivity contribution < 1.29 is 5.21 Å². The quantitative estimate of drug-likeness (QED) is 0.321. The van der Waals surface area contributed by atoms with Gasteiger partial charge >= 0.3 is 0 Å². The Morgan fingerprint density at radius 3 is 2.85 bits per heavy atom. The van der Waals surface area contributed by atoms with E-state index in [1.807, 2.05) is 43.3 Å². The first kappa shape index (κ1) is 12.2. The third-order valence-electron chi connectivity index (χ3n) is 3.12. The second-order valence-corrected chi connectivity index (χ2v) is 4.50. The molecule has 0 saturated heterocycles. The second kappa shape index (κ2) is 4.65. The smallest absolute Gasteiger partial charge is 0.172 e. The third-order valence-corrected chi connectivity index (χ3v) is 3.12. The zero-order valence-corrected chi connectivity index (χ0v) is 10.9. The molecule has 0 fully saturated rings. The Hall–Kier alpha value is -2.89. The molecule has 0 radical (unpaired) electrons. The molecule has 0 unspecified atom stereocenters. The van der Waals surface area contributed by atoms with E-state index in [9.17, 15) is 0 Å². The summed E-state index contributed by atoms with van der Waals surface area (Å²) in [5.41, 5.74) is 9.78. The Morgan fingerprint density at radius 1 is 1.25 bits per heavy atom. The Kier molecular flexibility index (Phi) is 2.83. The average Bonchev–Trinajstić information content (AvgIpc) is 2.90. The van der Waals surface area contributed by atoms with Crippen LogP contribution in [0.5, 0.6) is 0 Å². The van der Waals surface area contributed by atoms with Crippen LogP contribution in [-0.2, 0) is 0 Å². The molecule has 0 aliphatic rings. The van der Waals surface area contributed by atoms with Crippen molar-refractivity contribution in [1.29, 1.82) is 0 Å². The van der Waals surface area contributed by atoms with Crippen LogP contribution in [0.15, 0.2) is 47.6 Å². The van der Waals surface area contributed by atoms with Crippen LogP contribution >= 0.6 is 0 Å². The normalized spacial score (nSPS) is 11.9. The summed E-state index contributed by atoms with van der Waals surface area (Å²) < 4.78 is 1.69. The largest absolute Gasteiger partial charge is 0.409 e. The Balaban J connectivity index is 2.31. The summed E-state index contributed by atoms with van der Waals surface area (Å²) in [6.45, 7) is 1.97. The van der Waals surface area contributed by atoms with Crippen molar-refractivity contribution in [3.8, 4) is 5.69 Å². The zero-order valence-electron chi connectivity index (χ0n) is 10.9. The number of benzene rings is 2. The van der Waals surface area contributed by atoms with Gasteiger partial charge in [-0.1, -0.05) is 28.6 Å². The van der Waals surface area contributed by atoms with Crippen molar-refractivity contribution in [3.05, 3.63) is 53.6 Å². The van der Waals surface area contributed by atoms with E-state index in [1.165, 1.54) is 0 Å². The van der Waals surface area contributed by atoms with Gasteiger partial charge in [-0.05, 0) is 36.8 Å². The fourth-order valence-electron chi connectivity index (χ4n) is 2.13. The molecule has 6 nitrogen and oxygen atoms in total. The predicted octanol–water partition coefficient (Wildman–Crippen LogP) is 1.82. The van der Waals surface area contributed by atoms with Gasteiger partial charge in [-0.3, -0.25) is 0 Å². The number of nitrogens with zero attached hydrogens (tertiary/aromatic N) is 4. The number of hydrogen-bond acceptors (Lipinski definition) is 4. The van der Waals surface area contributed by atoms with E-state index in [4.69, 9.17) is 10.9 Å². The lowest BCUT2D eigenvalue weighted by Gasteiger charge is -2.09. The monoisotopic (exact) mass is 267 g/mol. The summed E-state index contributed by atoms with van der Waals surface area (Å²) in [4.78, 5) is 0. The molecule has 3 aromatic rings. The molecule has 0 amide bonds. The zero-order chi connectivity index (χ0) is 14.1. The Labute approximate surface area is 115 Å². The third kappa shape index (κ3) is 1.87. The van der Waals surface area contributed by atoms with Crippen LogP contribution < -0.4 is 5.73 Å². The number of hydrogen-bond donors (Lipinski definition) is 2. The molecule has 6 heteroatoms. The first-order chi connectivity index (χ1) is 9.70. The molecule has 0 atom stereocenters. The number of amidine groups is 1. The molecule has 0 spiro atoms. The summed E-state index contributed by atoms with van der Waals surface area (Å²) in [5.74, 6) is 0.0413. The van der Waals surface area contributed by atoms with Crippen LogP contribution in [0.3, 0.4) is 0 Å². The fourth-order valence-corrected chi connectivity index (χ4v) is 2.13. The van der Waals surface area contributed by atoms with Gasteiger partial charge < -0.3 is 10.9 Å². The molecule has 100 valence electrons. The number of aryl methyl sites for hydroxylation is 1. The first-order valence-corrected chi connectivity index (χ1v) is 6.10.